The molecule has 1 amide bonds. The van der Waals surface area contributed by atoms with Crippen LogP contribution in [0.5, 0.6) is 0 Å². The number of amides is 1. The topological polar surface area (TPSA) is 62.6 Å². The Hall–Kier alpha value is -2.02. The third-order valence-electron chi connectivity index (χ3n) is 9.76. The van der Waals surface area contributed by atoms with E-state index in [-0.39, 0.29) is 18.2 Å². The Kier molecular flexibility index (Phi) is 8.14. The van der Waals surface area contributed by atoms with Crippen molar-refractivity contribution in [3.8, 4) is 0 Å². The van der Waals surface area contributed by atoms with Crippen LogP contribution in [0.1, 0.15) is 111 Å². The number of alkyl halides is 2. The molecule has 3 fully saturated rings. The second-order valence-corrected chi connectivity index (χ2v) is 12.4. The summed E-state index contributed by atoms with van der Waals surface area (Å²) in [6.45, 7) is 3.90. The number of unbranched alkanes of at least 4 members (excludes halogenated alkanes) is 1. The fourth-order valence-electron chi connectivity index (χ4n) is 7.45. The van der Waals surface area contributed by atoms with Gasteiger partial charge < -0.3 is 9.73 Å². The van der Waals surface area contributed by atoms with Gasteiger partial charge in [0.1, 0.15) is 11.5 Å². The minimum Gasteiger partial charge on any atom is -0.465 e. The summed E-state index contributed by atoms with van der Waals surface area (Å²) in [5, 5.41) is 2.83. The zero-order chi connectivity index (χ0) is 26.9. The van der Waals surface area contributed by atoms with Gasteiger partial charge in [-0.25, -0.2) is 8.78 Å². The van der Waals surface area contributed by atoms with E-state index in [4.69, 9.17) is 4.42 Å². The SMILES string of the molecule is C/C=C/C(F)(F)C1(CNC(=O)CN2C3CC[C@@H]2C[C@@H](CCCCC(=O)c2c(C)oc4c2CCCC4)C3)CC1. The van der Waals surface area contributed by atoms with Crippen molar-refractivity contribution < 1.29 is 22.8 Å². The first-order valence-electron chi connectivity index (χ1n) is 14.9. The maximum absolute atomic E-state index is 14.4. The molecular weight excluding hydrogens is 486 g/mol. The van der Waals surface area contributed by atoms with E-state index >= 15 is 0 Å². The first-order chi connectivity index (χ1) is 18.2. The van der Waals surface area contributed by atoms with E-state index in [0.29, 0.717) is 43.8 Å². The van der Waals surface area contributed by atoms with E-state index in [1.807, 2.05) is 6.92 Å². The molecule has 1 unspecified atom stereocenters. The first-order valence-corrected chi connectivity index (χ1v) is 14.9. The van der Waals surface area contributed by atoms with Gasteiger partial charge in [0.15, 0.2) is 5.78 Å². The predicted octanol–water partition coefficient (Wildman–Crippen LogP) is 6.56. The normalized spacial score (nSPS) is 26.5. The van der Waals surface area contributed by atoms with E-state index in [2.05, 4.69) is 10.2 Å². The van der Waals surface area contributed by atoms with Crippen molar-refractivity contribution in [1.82, 2.24) is 10.2 Å². The van der Waals surface area contributed by atoms with Crippen LogP contribution in [0.25, 0.3) is 0 Å². The molecule has 1 N–H and O–H groups in total. The summed E-state index contributed by atoms with van der Waals surface area (Å²) in [4.78, 5) is 28.0. The lowest BCUT2D eigenvalue weighted by Crippen LogP contribution is -2.49. The Bertz CT molecular complexity index is 1040. The van der Waals surface area contributed by atoms with Gasteiger partial charge in [-0.2, -0.15) is 0 Å². The number of rotatable bonds is 12. The summed E-state index contributed by atoms with van der Waals surface area (Å²) in [6.07, 6.45) is 15.6. The average molecular weight is 531 g/mol. The quantitative estimate of drug-likeness (QED) is 0.189. The standard InChI is InChI=1S/C31H44F2N2O3/c1-3-14-31(32,33)30(15-16-30)20-34-28(37)19-35-23-12-13-24(35)18-22(17-23)8-4-6-10-26(36)29-21(2)38-27-11-7-5-9-25(27)29/h3,14,22-24H,4-13,15-20H2,1-2H3,(H,34,37)/b14-3+/t22-,23-,24?/m1/s1. The fourth-order valence-corrected chi connectivity index (χ4v) is 7.45. The smallest absolute Gasteiger partial charge is 0.273 e. The summed E-state index contributed by atoms with van der Waals surface area (Å²) in [5.41, 5.74) is 0.936. The lowest BCUT2D eigenvalue weighted by Gasteiger charge is -2.38. The molecule has 7 heteroatoms. The highest BCUT2D eigenvalue weighted by Gasteiger charge is 2.60. The lowest BCUT2D eigenvalue weighted by atomic mass is 9.86. The Labute approximate surface area is 225 Å². The summed E-state index contributed by atoms with van der Waals surface area (Å²) >= 11 is 0. The van der Waals surface area contributed by atoms with Gasteiger partial charge in [0.2, 0.25) is 5.91 Å². The van der Waals surface area contributed by atoms with Gasteiger partial charge in [-0.05, 0) is 90.0 Å². The molecule has 2 aliphatic carbocycles. The third-order valence-corrected chi connectivity index (χ3v) is 9.76. The van der Waals surface area contributed by atoms with Crippen LogP contribution in [0.15, 0.2) is 16.6 Å². The number of nitrogens with one attached hydrogen (secondary N) is 1. The molecule has 0 aromatic carbocycles. The highest BCUT2D eigenvalue weighted by molar-refractivity contribution is 5.98. The molecule has 3 heterocycles. The van der Waals surface area contributed by atoms with Gasteiger partial charge in [0.05, 0.1) is 17.5 Å². The molecule has 4 aliphatic rings. The Morgan fingerprint density at radius 3 is 2.53 bits per heavy atom. The van der Waals surface area contributed by atoms with Crippen LogP contribution in [0, 0.1) is 18.3 Å². The van der Waals surface area contributed by atoms with Crippen LogP contribution < -0.4 is 5.32 Å². The molecule has 3 atom stereocenters. The van der Waals surface area contributed by atoms with E-state index in [1.165, 1.54) is 11.6 Å². The minimum absolute atomic E-state index is 0.0504. The van der Waals surface area contributed by atoms with Crippen molar-refractivity contribution in [2.45, 2.75) is 122 Å². The maximum Gasteiger partial charge on any atom is 0.273 e. The largest absolute Gasteiger partial charge is 0.465 e. The van der Waals surface area contributed by atoms with Gasteiger partial charge >= 0.3 is 0 Å². The van der Waals surface area contributed by atoms with E-state index in [0.717, 1.165) is 93.8 Å². The van der Waals surface area contributed by atoms with Gasteiger partial charge in [-0.3, -0.25) is 14.5 Å². The van der Waals surface area contributed by atoms with Gasteiger partial charge in [-0.15, -0.1) is 0 Å². The van der Waals surface area contributed by atoms with Crippen LogP contribution in [0.4, 0.5) is 8.78 Å². The van der Waals surface area contributed by atoms with Gasteiger partial charge in [0.25, 0.3) is 5.92 Å². The maximum atomic E-state index is 14.4. The number of furan rings is 1. The number of ketones is 1. The van der Waals surface area contributed by atoms with Crippen molar-refractivity contribution in [3.05, 3.63) is 34.8 Å². The van der Waals surface area contributed by atoms with Crippen molar-refractivity contribution in [1.29, 1.82) is 0 Å². The summed E-state index contributed by atoms with van der Waals surface area (Å²) < 4.78 is 34.7. The highest BCUT2D eigenvalue weighted by Crippen LogP contribution is 2.57. The Balaban J connectivity index is 1.04. The van der Waals surface area contributed by atoms with E-state index in [1.54, 1.807) is 6.92 Å². The summed E-state index contributed by atoms with van der Waals surface area (Å²) in [6, 6.07) is 0.816. The third kappa shape index (κ3) is 5.64. The molecule has 0 radical (unpaired) electrons. The second kappa shape index (κ2) is 11.2. The molecule has 5 rings (SSSR count). The minimum atomic E-state index is -2.87. The van der Waals surface area contributed by atoms with Crippen LogP contribution in [0.3, 0.4) is 0 Å². The molecule has 210 valence electrons. The lowest BCUT2D eigenvalue weighted by molar-refractivity contribution is -0.124. The number of piperidine rings is 1. The number of carbonyl (C=O) groups excluding carboxylic acids is 2. The first kappa shape index (κ1) is 27.5. The number of aryl methyl sites for hydroxylation is 2. The second-order valence-electron chi connectivity index (χ2n) is 12.4. The molecule has 0 spiro atoms. The number of halogens is 2. The van der Waals surface area contributed by atoms with Crippen molar-refractivity contribution in [3.63, 3.8) is 0 Å². The number of fused-ring (bicyclic) bond motifs is 3. The van der Waals surface area contributed by atoms with Crippen LogP contribution >= 0.6 is 0 Å². The molecule has 2 aliphatic heterocycles. The van der Waals surface area contributed by atoms with Crippen molar-refractivity contribution in [2.24, 2.45) is 11.3 Å². The molecule has 1 aromatic heterocycles. The predicted molar refractivity (Wildman–Crippen MR) is 144 cm³/mol. The number of hydrogen-bond donors (Lipinski definition) is 1. The van der Waals surface area contributed by atoms with E-state index in [9.17, 15) is 18.4 Å². The van der Waals surface area contributed by atoms with Gasteiger partial charge in [0, 0.05) is 37.0 Å². The van der Waals surface area contributed by atoms with Crippen LogP contribution in [0.2, 0.25) is 0 Å². The zero-order valence-corrected chi connectivity index (χ0v) is 23.1. The molecule has 1 aromatic rings. The summed E-state index contributed by atoms with van der Waals surface area (Å²) in [7, 11) is 0. The van der Waals surface area contributed by atoms with Crippen molar-refractivity contribution in [2.75, 3.05) is 13.1 Å². The molecule has 2 saturated heterocycles. The van der Waals surface area contributed by atoms with Crippen LogP contribution in [-0.2, 0) is 17.6 Å². The fraction of sp³-hybridized carbons (Fsp3) is 0.742. The molecule has 5 nitrogen and oxygen atoms in total. The zero-order valence-electron chi connectivity index (χ0n) is 23.1. The Morgan fingerprint density at radius 1 is 1.13 bits per heavy atom. The Morgan fingerprint density at radius 2 is 1.84 bits per heavy atom. The number of allylic oxidation sites excluding steroid dienone is 2. The molecule has 2 bridgehead atoms. The van der Waals surface area contributed by atoms with Crippen molar-refractivity contribution >= 4 is 11.7 Å². The molecule has 1 saturated carbocycles. The number of carbonyl (C=O) groups is 2. The number of Topliss-reactive ketones (excluding diaryl/α,β-unsaturated/α-hetero) is 1. The number of hydrogen-bond acceptors (Lipinski definition) is 4. The van der Waals surface area contributed by atoms with Gasteiger partial charge in [-0.1, -0.05) is 18.9 Å². The average Bonchev–Trinajstić information content (AvgIpc) is 3.56. The van der Waals surface area contributed by atoms with E-state index < -0.39 is 11.3 Å². The molecular formula is C31H44F2N2O3. The molecule has 38 heavy (non-hydrogen) atoms. The monoisotopic (exact) mass is 530 g/mol. The number of nitrogens with zero attached hydrogens (tertiary/aromatic N) is 1. The summed E-state index contributed by atoms with van der Waals surface area (Å²) in [5.74, 6) is -0.279. The van der Waals surface area contributed by atoms with Crippen LogP contribution in [-0.4, -0.2) is 47.7 Å². The highest BCUT2D eigenvalue weighted by atomic mass is 19.3.